The first kappa shape index (κ1) is 20.6. The number of carbonyl (C=O) groups is 1. The van der Waals surface area contributed by atoms with Gasteiger partial charge >= 0.3 is 0 Å². The third-order valence-electron chi connectivity index (χ3n) is 4.24. The predicted molar refractivity (Wildman–Crippen MR) is 112 cm³/mol. The highest BCUT2D eigenvalue weighted by molar-refractivity contribution is 14.0. The van der Waals surface area contributed by atoms with Crippen LogP contribution in [-0.4, -0.2) is 62.2 Å². The van der Waals surface area contributed by atoms with Gasteiger partial charge in [0.2, 0.25) is 5.91 Å². The van der Waals surface area contributed by atoms with Gasteiger partial charge in [-0.15, -0.1) is 24.0 Å². The van der Waals surface area contributed by atoms with Crippen LogP contribution < -0.4 is 20.1 Å². The summed E-state index contributed by atoms with van der Waals surface area (Å²) >= 11 is 0. The average Bonchev–Trinajstić information content (AvgIpc) is 3.18. The monoisotopic (exact) mass is 474 g/mol. The van der Waals surface area contributed by atoms with E-state index in [-0.39, 0.29) is 42.5 Å². The van der Waals surface area contributed by atoms with Crippen LogP contribution in [0.2, 0.25) is 0 Å². The standard InChI is InChI=1S/C18H26N4O3.HI/c1-2-19-18(21-12-17(23)22-9-5-6-10-22)20-11-14-13-24-15-7-3-4-8-16(15)25-14;/h3-4,7-8,14H,2,5-6,9-13H2,1H3,(H2,19,20,21);1H. The van der Waals surface area contributed by atoms with Crippen LogP contribution in [-0.2, 0) is 4.79 Å². The van der Waals surface area contributed by atoms with E-state index in [1.165, 1.54) is 0 Å². The van der Waals surface area contributed by atoms with Crippen molar-refractivity contribution in [1.82, 2.24) is 15.5 Å². The van der Waals surface area contributed by atoms with Crippen LogP contribution in [0.25, 0.3) is 0 Å². The second-order valence-electron chi connectivity index (χ2n) is 6.16. The zero-order chi connectivity index (χ0) is 17.5. The molecule has 1 amide bonds. The van der Waals surface area contributed by atoms with Crippen LogP contribution in [0.15, 0.2) is 29.3 Å². The molecule has 2 aliphatic rings. The van der Waals surface area contributed by atoms with E-state index in [1.807, 2.05) is 36.1 Å². The van der Waals surface area contributed by atoms with Gasteiger partial charge in [-0.25, -0.2) is 4.99 Å². The Hall–Kier alpha value is -1.71. The normalized spacial score (nSPS) is 18.9. The topological polar surface area (TPSA) is 75.2 Å². The number of nitrogens with one attached hydrogen (secondary N) is 2. The second-order valence-corrected chi connectivity index (χ2v) is 6.16. The number of guanidine groups is 1. The first-order chi connectivity index (χ1) is 12.3. The lowest BCUT2D eigenvalue weighted by molar-refractivity contribution is -0.128. The van der Waals surface area contributed by atoms with Crippen LogP contribution in [0.3, 0.4) is 0 Å². The number of ether oxygens (including phenoxy) is 2. The Morgan fingerprint density at radius 1 is 1.23 bits per heavy atom. The molecule has 2 heterocycles. The minimum Gasteiger partial charge on any atom is -0.486 e. The number of nitrogens with zero attached hydrogens (tertiary/aromatic N) is 2. The maximum Gasteiger partial charge on any atom is 0.244 e. The van der Waals surface area contributed by atoms with Crippen LogP contribution in [0.5, 0.6) is 11.5 Å². The van der Waals surface area contributed by atoms with Crippen molar-refractivity contribution < 1.29 is 14.3 Å². The highest BCUT2D eigenvalue weighted by Gasteiger charge is 2.21. The third kappa shape index (κ3) is 5.65. The molecule has 3 rings (SSSR count). The molecule has 1 unspecified atom stereocenters. The van der Waals surface area contributed by atoms with Gasteiger partial charge in [0.15, 0.2) is 17.5 Å². The van der Waals surface area contributed by atoms with Crippen LogP contribution in [0.1, 0.15) is 19.8 Å². The molecule has 0 saturated carbocycles. The van der Waals surface area contributed by atoms with E-state index < -0.39 is 0 Å². The molecule has 26 heavy (non-hydrogen) atoms. The summed E-state index contributed by atoms with van der Waals surface area (Å²) in [5.41, 5.74) is 0. The van der Waals surface area contributed by atoms with Gasteiger partial charge in [0.1, 0.15) is 19.3 Å². The summed E-state index contributed by atoms with van der Waals surface area (Å²) in [6.45, 7) is 5.63. The van der Waals surface area contributed by atoms with Crippen molar-refractivity contribution in [3.8, 4) is 11.5 Å². The van der Waals surface area contributed by atoms with Crippen molar-refractivity contribution in [2.24, 2.45) is 4.99 Å². The Morgan fingerprint density at radius 2 is 1.96 bits per heavy atom. The fourth-order valence-electron chi connectivity index (χ4n) is 2.93. The molecule has 7 nitrogen and oxygen atoms in total. The summed E-state index contributed by atoms with van der Waals surface area (Å²) in [4.78, 5) is 18.4. The average molecular weight is 474 g/mol. The number of hydrogen-bond acceptors (Lipinski definition) is 4. The Morgan fingerprint density at radius 3 is 2.69 bits per heavy atom. The van der Waals surface area contributed by atoms with Gasteiger partial charge in [0.05, 0.1) is 6.54 Å². The van der Waals surface area contributed by atoms with Crippen molar-refractivity contribution in [1.29, 1.82) is 0 Å². The highest BCUT2D eigenvalue weighted by atomic mass is 127. The number of benzene rings is 1. The summed E-state index contributed by atoms with van der Waals surface area (Å²) < 4.78 is 11.6. The maximum atomic E-state index is 12.1. The van der Waals surface area contributed by atoms with Gasteiger partial charge in [-0.2, -0.15) is 0 Å². The molecule has 0 aromatic heterocycles. The first-order valence-electron chi connectivity index (χ1n) is 8.94. The van der Waals surface area contributed by atoms with Crippen molar-refractivity contribution in [2.75, 3.05) is 39.3 Å². The lowest BCUT2D eigenvalue weighted by Crippen LogP contribution is -2.45. The second kappa shape index (κ2) is 10.4. The lowest BCUT2D eigenvalue weighted by Gasteiger charge is -2.27. The van der Waals surface area contributed by atoms with E-state index in [0.717, 1.165) is 44.0 Å². The quantitative estimate of drug-likeness (QED) is 0.386. The van der Waals surface area contributed by atoms with Crippen LogP contribution in [0.4, 0.5) is 0 Å². The van der Waals surface area contributed by atoms with E-state index >= 15 is 0 Å². The van der Waals surface area contributed by atoms with Gasteiger partial charge in [-0.3, -0.25) is 4.79 Å². The van der Waals surface area contributed by atoms with E-state index in [1.54, 1.807) is 0 Å². The third-order valence-corrected chi connectivity index (χ3v) is 4.24. The molecular formula is C18H27IN4O3. The fourth-order valence-corrected chi connectivity index (χ4v) is 2.93. The van der Waals surface area contributed by atoms with Crippen molar-refractivity contribution in [2.45, 2.75) is 25.9 Å². The summed E-state index contributed by atoms with van der Waals surface area (Å²) in [6.07, 6.45) is 2.08. The Balaban J connectivity index is 0.00000243. The van der Waals surface area contributed by atoms with Gasteiger partial charge in [-0.1, -0.05) is 12.1 Å². The Labute approximate surface area is 171 Å². The number of rotatable bonds is 5. The minimum absolute atomic E-state index is 0. The number of halogens is 1. The van der Waals surface area contributed by atoms with Crippen LogP contribution >= 0.6 is 24.0 Å². The van der Waals surface area contributed by atoms with Gasteiger partial charge in [0, 0.05) is 19.6 Å². The number of para-hydroxylation sites is 2. The van der Waals surface area contributed by atoms with Gasteiger partial charge in [-0.05, 0) is 31.9 Å². The van der Waals surface area contributed by atoms with Crippen LogP contribution in [0, 0.1) is 0 Å². The SMILES string of the molecule is CCNC(=NCC(=O)N1CCCC1)NCC1COc2ccccc2O1.I. The molecule has 144 valence electrons. The Bertz CT molecular complexity index is 620. The molecule has 2 N–H and O–H groups in total. The van der Waals surface area contributed by atoms with E-state index in [9.17, 15) is 4.79 Å². The maximum absolute atomic E-state index is 12.1. The molecule has 1 fully saturated rings. The van der Waals surface area contributed by atoms with E-state index in [2.05, 4.69) is 15.6 Å². The molecule has 1 atom stereocenters. The molecule has 0 bridgehead atoms. The van der Waals surface area contributed by atoms with E-state index in [0.29, 0.717) is 19.1 Å². The number of fused-ring (bicyclic) bond motifs is 1. The number of hydrogen-bond donors (Lipinski definition) is 2. The van der Waals surface area contributed by atoms with Crippen molar-refractivity contribution in [3.05, 3.63) is 24.3 Å². The molecule has 8 heteroatoms. The zero-order valence-corrected chi connectivity index (χ0v) is 17.4. The summed E-state index contributed by atoms with van der Waals surface area (Å²) in [5.74, 6) is 2.24. The fraction of sp³-hybridized carbons (Fsp3) is 0.556. The number of carbonyl (C=O) groups excluding carboxylic acids is 1. The smallest absolute Gasteiger partial charge is 0.244 e. The first-order valence-corrected chi connectivity index (χ1v) is 8.94. The molecule has 1 aromatic carbocycles. The summed E-state index contributed by atoms with van der Waals surface area (Å²) in [7, 11) is 0. The summed E-state index contributed by atoms with van der Waals surface area (Å²) in [6, 6.07) is 7.64. The Kier molecular flexibility index (Phi) is 8.27. The molecule has 1 aromatic rings. The largest absolute Gasteiger partial charge is 0.486 e. The highest BCUT2D eigenvalue weighted by Crippen LogP contribution is 2.30. The molecular weight excluding hydrogens is 447 g/mol. The van der Waals surface area contributed by atoms with Gasteiger partial charge in [0.25, 0.3) is 0 Å². The molecule has 1 saturated heterocycles. The molecule has 0 aliphatic carbocycles. The number of likely N-dealkylation sites (tertiary alicyclic amines) is 1. The van der Waals surface area contributed by atoms with Gasteiger partial charge < -0.3 is 25.0 Å². The predicted octanol–water partition coefficient (Wildman–Crippen LogP) is 1.62. The summed E-state index contributed by atoms with van der Waals surface area (Å²) in [5, 5.41) is 6.39. The number of aliphatic imine (C=N–C) groups is 1. The van der Waals surface area contributed by atoms with Crippen molar-refractivity contribution in [3.63, 3.8) is 0 Å². The van der Waals surface area contributed by atoms with Crippen molar-refractivity contribution >= 4 is 35.8 Å². The minimum atomic E-state index is -0.104. The number of amides is 1. The molecule has 0 spiro atoms. The molecule has 2 aliphatic heterocycles. The molecule has 0 radical (unpaired) electrons. The van der Waals surface area contributed by atoms with E-state index in [4.69, 9.17) is 9.47 Å². The lowest BCUT2D eigenvalue weighted by atomic mass is 10.2. The zero-order valence-electron chi connectivity index (χ0n) is 15.1.